The topological polar surface area (TPSA) is 58.6 Å². The van der Waals surface area contributed by atoms with E-state index >= 15 is 0 Å². The molecule has 0 aliphatic heterocycles. The molecule has 1 rings (SSSR count). The molecular formula is C11H14ClNO3. The van der Waals surface area contributed by atoms with Crippen molar-refractivity contribution in [1.29, 1.82) is 0 Å². The summed E-state index contributed by atoms with van der Waals surface area (Å²) in [6.07, 6.45) is 0.419. The highest BCUT2D eigenvalue weighted by atomic mass is 35.5. The number of esters is 1. The Morgan fingerprint density at radius 1 is 1.50 bits per heavy atom. The smallest absolute Gasteiger partial charge is 0.324 e. The SMILES string of the molecule is CCOC(=O)C(Cc1ccc(O)cc1)NCl. The fourth-order valence-electron chi connectivity index (χ4n) is 1.28. The van der Waals surface area contributed by atoms with E-state index in [1.165, 1.54) is 0 Å². The third kappa shape index (κ3) is 3.72. The van der Waals surface area contributed by atoms with Crippen molar-refractivity contribution in [3.05, 3.63) is 29.8 Å². The van der Waals surface area contributed by atoms with Crippen LogP contribution in [0.2, 0.25) is 0 Å². The van der Waals surface area contributed by atoms with Crippen LogP contribution in [0.25, 0.3) is 0 Å². The van der Waals surface area contributed by atoms with Crippen LogP contribution in [0.1, 0.15) is 12.5 Å². The number of ether oxygens (including phenoxy) is 1. The van der Waals surface area contributed by atoms with Gasteiger partial charge < -0.3 is 9.84 Å². The second kappa shape index (κ2) is 6.35. The lowest BCUT2D eigenvalue weighted by Gasteiger charge is -2.13. The number of phenols is 1. The van der Waals surface area contributed by atoms with Crippen LogP contribution < -0.4 is 4.84 Å². The van der Waals surface area contributed by atoms with Gasteiger partial charge >= 0.3 is 5.97 Å². The highest BCUT2D eigenvalue weighted by molar-refractivity contribution is 6.14. The molecule has 0 aromatic heterocycles. The second-order valence-corrected chi connectivity index (χ2v) is 3.50. The maximum Gasteiger partial charge on any atom is 0.324 e. The lowest BCUT2D eigenvalue weighted by atomic mass is 10.1. The Kier molecular flexibility index (Phi) is 5.08. The minimum atomic E-state index is -0.578. The van der Waals surface area contributed by atoms with Gasteiger partial charge in [-0.2, -0.15) is 0 Å². The van der Waals surface area contributed by atoms with Crippen LogP contribution in [0, 0.1) is 0 Å². The summed E-state index contributed by atoms with van der Waals surface area (Å²) in [5.74, 6) is -0.194. The summed E-state index contributed by atoms with van der Waals surface area (Å²) >= 11 is 5.48. The number of benzene rings is 1. The zero-order valence-corrected chi connectivity index (χ0v) is 9.70. The van der Waals surface area contributed by atoms with E-state index in [2.05, 4.69) is 4.84 Å². The molecule has 0 saturated heterocycles. The monoisotopic (exact) mass is 243 g/mol. The van der Waals surface area contributed by atoms with Gasteiger partial charge in [-0.1, -0.05) is 12.1 Å². The standard InChI is InChI=1S/C11H14ClNO3/c1-2-16-11(15)10(13-12)7-8-3-5-9(14)6-4-8/h3-6,10,13-14H,2,7H2,1H3. The molecule has 0 fully saturated rings. The zero-order valence-electron chi connectivity index (χ0n) is 8.94. The van der Waals surface area contributed by atoms with Crippen LogP contribution in [0.5, 0.6) is 5.75 Å². The van der Waals surface area contributed by atoms with Gasteiger partial charge in [0.1, 0.15) is 11.8 Å². The number of hydrogen-bond donors (Lipinski definition) is 2. The Morgan fingerprint density at radius 3 is 2.62 bits per heavy atom. The van der Waals surface area contributed by atoms with Crippen molar-refractivity contribution in [2.45, 2.75) is 19.4 Å². The molecular weight excluding hydrogens is 230 g/mol. The van der Waals surface area contributed by atoms with E-state index in [0.717, 1.165) is 5.56 Å². The Bertz CT molecular complexity index is 340. The first-order valence-electron chi connectivity index (χ1n) is 4.98. The lowest BCUT2D eigenvalue weighted by Crippen LogP contribution is -2.34. The van der Waals surface area contributed by atoms with Crippen molar-refractivity contribution in [2.24, 2.45) is 0 Å². The molecule has 0 aliphatic carbocycles. The summed E-state index contributed by atoms with van der Waals surface area (Å²) in [6.45, 7) is 2.06. The first kappa shape index (κ1) is 12.8. The first-order chi connectivity index (χ1) is 7.67. The van der Waals surface area contributed by atoms with E-state index in [-0.39, 0.29) is 11.7 Å². The maximum absolute atomic E-state index is 11.4. The number of carbonyl (C=O) groups excluding carboxylic acids is 1. The van der Waals surface area contributed by atoms with Gasteiger partial charge in [0.2, 0.25) is 0 Å². The van der Waals surface area contributed by atoms with Crippen LogP contribution in [0.4, 0.5) is 0 Å². The summed E-state index contributed by atoms with van der Waals surface area (Å²) in [7, 11) is 0. The van der Waals surface area contributed by atoms with E-state index in [1.807, 2.05) is 0 Å². The molecule has 1 atom stereocenters. The summed E-state index contributed by atoms with van der Waals surface area (Å²) < 4.78 is 4.86. The Morgan fingerprint density at radius 2 is 2.12 bits per heavy atom. The van der Waals surface area contributed by atoms with Crippen molar-refractivity contribution in [2.75, 3.05) is 6.61 Å². The van der Waals surface area contributed by atoms with Crippen LogP contribution in [-0.2, 0) is 16.0 Å². The lowest BCUT2D eigenvalue weighted by molar-refractivity contribution is -0.145. The van der Waals surface area contributed by atoms with Gasteiger partial charge in [0.05, 0.1) is 6.61 Å². The average Bonchev–Trinajstić information content (AvgIpc) is 2.28. The van der Waals surface area contributed by atoms with E-state index in [0.29, 0.717) is 13.0 Å². The summed E-state index contributed by atoms with van der Waals surface area (Å²) in [5, 5.41) is 9.11. The second-order valence-electron chi connectivity index (χ2n) is 3.28. The number of carbonyl (C=O) groups is 1. The Balaban J connectivity index is 2.62. The number of aromatic hydroxyl groups is 1. The molecule has 0 bridgehead atoms. The largest absolute Gasteiger partial charge is 0.508 e. The zero-order chi connectivity index (χ0) is 12.0. The minimum Gasteiger partial charge on any atom is -0.508 e. The molecule has 16 heavy (non-hydrogen) atoms. The van der Waals surface area contributed by atoms with Gasteiger partial charge in [-0.3, -0.25) is 4.79 Å². The van der Waals surface area contributed by atoms with Crippen molar-refractivity contribution in [3.8, 4) is 5.75 Å². The summed E-state index contributed by atoms with van der Waals surface area (Å²) in [5.41, 5.74) is 0.893. The average molecular weight is 244 g/mol. The van der Waals surface area contributed by atoms with E-state index in [4.69, 9.17) is 21.6 Å². The number of rotatable bonds is 5. The molecule has 0 aliphatic rings. The molecule has 88 valence electrons. The molecule has 0 saturated carbocycles. The molecule has 1 aromatic carbocycles. The van der Waals surface area contributed by atoms with E-state index in [1.54, 1.807) is 31.2 Å². The molecule has 0 spiro atoms. The molecule has 0 radical (unpaired) electrons. The fourth-order valence-corrected chi connectivity index (χ4v) is 1.44. The number of nitrogens with one attached hydrogen (secondary N) is 1. The first-order valence-corrected chi connectivity index (χ1v) is 5.36. The molecule has 4 nitrogen and oxygen atoms in total. The van der Waals surface area contributed by atoms with Crippen LogP contribution in [-0.4, -0.2) is 23.7 Å². The normalized spacial score (nSPS) is 12.1. The number of phenolic OH excluding ortho intramolecular Hbond substituents is 1. The van der Waals surface area contributed by atoms with Gasteiger partial charge in [-0.05, 0) is 42.8 Å². The van der Waals surface area contributed by atoms with Gasteiger partial charge in [-0.25, -0.2) is 4.84 Å². The van der Waals surface area contributed by atoms with E-state index in [9.17, 15) is 4.79 Å². The van der Waals surface area contributed by atoms with Crippen LogP contribution >= 0.6 is 11.8 Å². The summed E-state index contributed by atoms with van der Waals surface area (Å²) in [4.78, 5) is 13.8. The predicted molar refractivity (Wildman–Crippen MR) is 61.2 cm³/mol. The van der Waals surface area contributed by atoms with Crippen molar-refractivity contribution < 1.29 is 14.6 Å². The predicted octanol–water partition coefficient (Wildman–Crippen LogP) is 1.61. The highest BCUT2D eigenvalue weighted by Crippen LogP contribution is 2.12. The number of hydrogen-bond acceptors (Lipinski definition) is 4. The molecule has 1 unspecified atom stereocenters. The molecule has 1 aromatic rings. The quantitative estimate of drug-likeness (QED) is 0.609. The molecule has 0 amide bonds. The van der Waals surface area contributed by atoms with E-state index < -0.39 is 6.04 Å². The minimum absolute atomic E-state index is 0.190. The van der Waals surface area contributed by atoms with Crippen molar-refractivity contribution >= 4 is 17.7 Å². The van der Waals surface area contributed by atoms with Crippen molar-refractivity contribution in [3.63, 3.8) is 0 Å². The van der Waals surface area contributed by atoms with Crippen LogP contribution in [0.3, 0.4) is 0 Å². The fraction of sp³-hybridized carbons (Fsp3) is 0.364. The maximum atomic E-state index is 11.4. The van der Waals surface area contributed by atoms with Gasteiger partial charge in [0, 0.05) is 0 Å². The van der Waals surface area contributed by atoms with Crippen molar-refractivity contribution in [1.82, 2.24) is 4.84 Å². The van der Waals surface area contributed by atoms with Gasteiger partial charge in [-0.15, -0.1) is 0 Å². The Hall–Kier alpha value is -1.26. The van der Waals surface area contributed by atoms with Gasteiger partial charge in [0.25, 0.3) is 0 Å². The highest BCUT2D eigenvalue weighted by Gasteiger charge is 2.18. The van der Waals surface area contributed by atoms with Crippen LogP contribution in [0.15, 0.2) is 24.3 Å². The third-order valence-corrected chi connectivity index (χ3v) is 2.34. The molecule has 0 heterocycles. The Labute approximate surface area is 99.3 Å². The third-order valence-electron chi connectivity index (χ3n) is 2.08. The van der Waals surface area contributed by atoms with Gasteiger partial charge in [0.15, 0.2) is 0 Å². The summed E-state index contributed by atoms with van der Waals surface area (Å²) in [6, 6.07) is 6.01. The molecule has 5 heteroatoms. The molecule has 2 N–H and O–H groups in total. The number of halogens is 1.